The summed E-state index contributed by atoms with van der Waals surface area (Å²) in [5.74, 6) is -2.80. The molecule has 3 aromatic carbocycles. The van der Waals surface area contributed by atoms with Gasteiger partial charge in [-0.25, -0.2) is 4.90 Å². The van der Waals surface area contributed by atoms with E-state index in [9.17, 15) is 35.0 Å². The number of amides is 2. The van der Waals surface area contributed by atoms with Gasteiger partial charge >= 0.3 is 0 Å². The van der Waals surface area contributed by atoms with Crippen molar-refractivity contribution in [1.82, 2.24) is 0 Å². The van der Waals surface area contributed by atoms with Crippen LogP contribution in [0.4, 0.5) is 11.4 Å². The molecule has 0 saturated carbocycles. The number of nitro benzene ring substituents is 1. The summed E-state index contributed by atoms with van der Waals surface area (Å²) in [6, 6.07) is 29.2. The van der Waals surface area contributed by atoms with Crippen LogP contribution in [0.1, 0.15) is 71.3 Å². The maximum Gasteiger partial charge on any atom is 0.271 e. The highest BCUT2D eigenvalue weighted by molar-refractivity contribution is 6.99. The molecular formula is C45H52N2O9Si. The van der Waals surface area contributed by atoms with Crippen LogP contribution in [0.2, 0.25) is 5.04 Å². The fraction of sp³-hybridized carbons (Fsp3) is 0.378. The van der Waals surface area contributed by atoms with Crippen LogP contribution in [0, 0.1) is 27.9 Å². The van der Waals surface area contributed by atoms with E-state index in [4.69, 9.17) is 8.84 Å². The van der Waals surface area contributed by atoms with Crippen molar-refractivity contribution < 1.29 is 38.7 Å². The highest BCUT2D eigenvalue weighted by Crippen LogP contribution is 2.48. The Balaban J connectivity index is 1.43. The van der Waals surface area contributed by atoms with E-state index in [0.717, 1.165) is 33.7 Å². The molecule has 2 aliphatic rings. The number of allylic oxidation sites excluding steroid dienone is 1. The normalized spacial score (nSPS) is 19.6. The molecule has 0 unspecified atom stereocenters. The highest BCUT2D eigenvalue weighted by atomic mass is 28.4. The molecule has 2 heterocycles. The zero-order valence-electron chi connectivity index (χ0n) is 33.0. The van der Waals surface area contributed by atoms with Crippen LogP contribution in [0.15, 0.2) is 118 Å². The zero-order chi connectivity index (χ0) is 40.9. The number of hydrogen-bond donors (Lipinski definition) is 3. The molecule has 1 saturated heterocycles. The minimum absolute atomic E-state index is 0.0473. The number of furan rings is 1. The van der Waals surface area contributed by atoms with Crippen molar-refractivity contribution in [3.63, 3.8) is 0 Å². The molecule has 0 spiro atoms. The Kier molecular flexibility index (Phi) is 12.9. The third-order valence-corrected chi connectivity index (χ3v) is 16.4. The van der Waals surface area contributed by atoms with E-state index >= 15 is 0 Å². The predicted octanol–water partition coefficient (Wildman–Crippen LogP) is 6.70. The maximum atomic E-state index is 14.3. The Morgan fingerprint density at radius 2 is 1.63 bits per heavy atom. The molecule has 11 nitrogen and oxygen atoms in total. The van der Waals surface area contributed by atoms with Crippen LogP contribution in [0.5, 0.6) is 0 Å². The van der Waals surface area contributed by atoms with Gasteiger partial charge in [0.25, 0.3) is 14.0 Å². The molecule has 1 fully saturated rings. The van der Waals surface area contributed by atoms with Gasteiger partial charge in [-0.15, -0.1) is 0 Å². The second-order valence-electron chi connectivity index (χ2n) is 16.0. The van der Waals surface area contributed by atoms with Gasteiger partial charge in [-0.05, 0) is 76.5 Å². The molecule has 4 aromatic rings. The fourth-order valence-corrected chi connectivity index (χ4v) is 13.4. The number of rotatable bonds is 16. The lowest BCUT2D eigenvalue weighted by atomic mass is 9.68. The van der Waals surface area contributed by atoms with Crippen molar-refractivity contribution in [3.05, 3.63) is 135 Å². The average Bonchev–Trinajstić information content (AvgIpc) is 3.77. The van der Waals surface area contributed by atoms with E-state index in [1.165, 1.54) is 24.3 Å². The van der Waals surface area contributed by atoms with Crippen molar-refractivity contribution in [3.8, 4) is 0 Å². The number of benzene rings is 3. The lowest BCUT2D eigenvalue weighted by Gasteiger charge is -2.44. The molecule has 300 valence electrons. The molecule has 6 rings (SSSR count). The summed E-state index contributed by atoms with van der Waals surface area (Å²) in [5, 5.41) is 46.3. The quantitative estimate of drug-likeness (QED) is 0.0369. The Labute approximate surface area is 334 Å². The number of aliphatic hydroxyl groups is 3. The van der Waals surface area contributed by atoms with Gasteiger partial charge in [0.05, 0.1) is 41.8 Å². The SMILES string of the molecule is CCC/C(=C\c1ccc(CO)o1)CC[C@@H](O)C1=C(CO[Si](c2ccccc2)(c2ccccc2)C(C)(C)C)C[C@H]2C(=O)N(c3cccc([N+](=O)[O-])c3)C(=O)[C@H]2[C@H]1CO. The summed E-state index contributed by atoms with van der Waals surface area (Å²) in [7, 11) is -3.11. The van der Waals surface area contributed by atoms with Gasteiger partial charge in [-0.2, -0.15) is 0 Å². The number of imide groups is 1. The molecule has 0 radical (unpaired) electrons. The molecule has 12 heteroatoms. The molecular weight excluding hydrogens is 741 g/mol. The van der Waals surface area contributed by atoms with Gasteiger partial charge in [0.2, 0.25) is 11.8 Å². The number of carbonyl (C=O) groups is 2. The zero-order valence-corrected chi connectivity index (χ0v) is 34.0. The summed E-state index contributed by atoms with van der Waals surface area (Å²) in [4.78, 5) is 40.7. The minimum Gasteiger partial charge on any atom is -0.459 e. The molecule has 0 bridgehead atoms. The smallest absolute Gasteiger partial charge is 0.271 e. The van der Waals surface area contributed by atoms with Crippen LogP contribution in [0.25, 0.3) is 6.08 Å². The first kappa shape index (κ1) is 41.6. The Bertz CT molecular complexity index is 2080. The van der Waals surface area contributed by atoms with Gasteiger partial charge < -0.3 is 24.2 Å². The molecule has 2 amide bonds. The van der Waals surface area contributed by atoms with Gasteiger partial charge in [-0.1, -0.05) is 106 Å². The van der Waals surface area contributed by atoms with E-state index in [1.807, 2.05) is 42.5 Å². The fourth-order valence-electron chi connectivity index (χ4n) is 8.88. The summed E-state index contributed by atoms with van der Waals surface area (Å²) in [6.45, 7) is 7.88. The lowest BCUT2D eigenvalue weighted by molar-refractivity contribution is -0.384. The van der Waals surface area contributed by atoms with Crippen molar-refractivity contribution in [2.45, 2.75) is 77.5 Å². The number of hydrogen-bond acceptors (Lipinski definition) is 9. The van der Waals surface area contributed by atoms with Crippen LogP contribution >= 0.6 is 0 Å². The second kappa shape index (κ2) is 17.7. The standard InChI is InChI=1S/C45H52N2O9Si/c1-5-13-30(24-34-21-22-35(27-48)56-34)20-23-40(50)41-31(29-55-57(45(2,3)4,36-16-8-6-9-17-36)37-18-10-7-11-19-37)25-38-42(39(41)28-49)44(52)46(43(38)51)32-14-12-15-33(26-32)47(53)54/h6-12,14-19,21-22,24,26,38-40,42,48-50H,5,13,20,23,25,27-29H2,1-4H3/b30-24+/t38-,39+,40-,42-/m1/s1. The van der Waals surface area contributed by atoms with Gasteiger partial charge in [0.1, 0.15) is 18.1 Å². The number of anilines is 1. The first-order valence-electron chi connectivity index (χ1n) is 19.6. The van der Waals surface area contributed by atoms with Gasteiger partial charge in [0.15, 0.2) is 0 Å². The van der Waals surface area contributed by atoms with Crippen molar-refractivity contribution in [2.75, 3.05) is 18.1 Å². The Morgan fingerprint density at radius 1 is 0.965 bits per heavy atom. The lowest BCUT2D eigenvalue weighted by Crippen LogP contribution is -2.66. The van der Waals surface area contributed by atoms with Crippen molar-refractivity contribution >= 4 is 48.0 Å². The Hall–Kier alpha value is -4.98. The van der Waals surface area contributed by atoms with E-state index < -0.39 is 55.5 Å². The van der Waals surface area contributed by atoms with E-state index in [0.29, 0.717) is 29.1 Å². The topological polar surface area (TPSA) is 164 Å². The molecule has 1 aliphatic heterocycles. The van der Waals surface area contributed by atoms with Crippen LogP contribution in [-0.2, 0) is 20.6 Å². The maximum absolute atomic E-state index is 14.3. The van der Waals surface area contributed by atoms with Crippen LogP contribution in [0.3, 0.4) is 0 Å². The molecule has 57 heavy (non-hydrogen) atoms. The number of carbonyl (C=O) groups excluding carboxylic acids is 2. The first-order chi connectivity index (χ1) is 27.3. The van der Waals surface area contributed by atoms with Gasteiger partial charge in [-0.3, -0.25) is 19.7 Å². The molecule has 1 aromatic heterocycles. The largest absolute Gasteiger partial charge is 0.459 e. The van der Waals surface area contributed by atoms with Crippen molar-refractivity contribution in [1.29, 1.82) is 0 Å². The third kappa shape index (κ3) is 8.37. The number of nitro groups is 1. The summed E-state index contributed by atoms with van der Waals surface area (Å²) < 4.78 is 13.1. The Morgan fingerprint density at radius 3 is 2.19 bits per heavy atom. The molecule has 1 aliphatic carbocycles. The van der Waals surface area contributed by atoms with Gasteiger partial charge in [0, 0.05) is 18.1 Å². The number of non-ortho nitro benzene ring substituents is 1. The monoisotopic (exact) mass is 792 g/mol. The second-order valence-corrected chi connectivity index (χ2v) is 20.3. The number of fused-ring (bicyclic) bond motifs is 1. The van der Waals surface area contributed by atoms with E-state index in [2.05, 4.69) is 52.0 Å². The summed E-state index contributed by atoms with van der Waals surface area (Å²) >= 11 is 0. The van der Waals surface area contributed by atoms with Crippen LogP contribution < -0.4 is 15.3 Å². The highest BCUT2D eigenvalue weighted by Gasteiger charge is 2.56. The summed E-state index contributed by atoms with van der Waals surface area (Å²) in [5.41, 5.74) is 2.02. The predicted molar refractivity (Wildman–Crippen MR) is 221 cm³/mol. The molecule has 4 atom stereocenters. The summed E-state index contributed by atoms with van der Waals surface area (Å²) in [6.07, 6.45) is 3.27. The average molecular weight is 793 g/mol. The van der Waals surface area contributed by atoms with Crippen LogP contribution in [-0.4, -0.2) is 59.7 Å². The number of aliphatic hydroxyl groups excluding tert-OH is 3. The first-order valence-corrected chi connectivity index (χ1v) is 21.5. The van der Waals surface area contributed by atoms with Crippen molar-refractivity contribution in [2.24, 2.45) is 17.8 Å². The molecule has 3 N–H and O–H groups in total. The third-order valence-electron chi connectivity index (χ3n) is 11.4. The minimum atomic E-state index is -3.11. The van der Waals surface area contributed by atoms with E-state index in [-0.39, 0.29) is 42.5 Å². The van der Waals surface area contributed by atoms with E-state index in [1.54, 1.807) is 12.1 Å². The number of nitrogens with zero attached hydrogens (tertiary/aromatic N) is 2.